The van der Waals surface area contributed by atoms with Crippen molar-refractivity contribution in [3.63, 3.8) is 0 Å². The minimum atomic E-state index is -1.08. The summed E-state index contributed by atoms with van der Waals surface area (Å²) in [5, 5.41) is 9.65. The lowest BCUT2D eigenvalue weighted by Gasteiger charge is -2.21. The number of ketones is 1. The van der Waals surface area contributed by atoms with Gasteiger partial charge in [-0.25, -0.2) is 0 Å². The van der Waals surface area contributed by atoms with Gasteiger partial charge in [-0.05, 0) is 35.7 Å². The third kappa shape index (κ3) is 7.10. The molecule has 0 heterocycles. The summed E-state index contributed by atoms with van der Waals surface area (Å²) in [6.07, 6.45) is 3.20. The maximum absolute atomic E-state index is 13.8. The zero-order chi connectivity index (χ0) is 25.8. The maximum atomic E-state index is 13.8. The van der Waals surface area contributed by atoms with E-state index < -0.39 is 11.8 Å². The van der Waals surface area contributed by atoms with E-state index in [2.05, 4.69) is 13.2 Å². The van der Waals surface area contributed by atoms with Crippen LogP contribution in [0.2, 0.25) is 0 Å². The monoisotopic (exact) mass is 484 g/mol. The largest absolute Gasteiger partial charge is 0.493 e. The smallest absolute Gasteiger partial charge is 0.307 e. The molecule has 0 radical (unpaired) electrons. The first-order valence-electron chi connectivity index (χ1n) is 11.1. The second-order valence-electron chi connectivity index (χ2n) is 7.36. The highest BCUT2D eigenvalue weighted by atomic mass is 16.5. The molecule has 2 aromatic rings. The van der Waals surface area contributed by atoms with Gasteiger partial charge in [0, 0.05) is 18.7 Å². The third-order valence-electron chi connectivity index (χ3n) is 5.06. The number of rotatable bonds is 16. The summed E-state index contributed by atoms with van der Waals surface area (Å²) in [6.45, 7) is 10.2. The molecule has 0 spiro atoms. The fraction of sp³-hybridized carbons (Fsp3) is 0.333. The van der Waals surface area contributed by atoms with E-state index in [0.717, 1.165) is 0 Å². The molecule has 188 valence electrons. The number of hydrogen-bond donors (Lipinski definition) is 1. The summed E-state index contributed by atoms with van der Waals surface area (Å²) in [7, 11) is 3.05. The minimum absolute atomic E-state index is 0.120. The molecule has 8 heteroatoms. The zero-order valence-corrected chi connectivity index (χ0v) is 20.4. The van der Waals surface area contributed by atoms with E-state index in [9.17, 15) is 14.7 Å². The van der Waals surface area contributed by atoms with E-state index in [0.29, 0.717) is 48.0 Å². The Labute approximate surface area is 205 Å². The molecule has 0 aliphatic carbocycles. The minimum Gasteiger partial charge on any atom is -0.493 e. The molecule has 0 unspecified atom stereocenters. The molecule has 1 N–H and O–H groups in total. The quantitative estimate of drug-likeness (QED) is 0.214. The van der Waals surface area contributed by atoms with Crippen LogP contribution in [0.25, 0.3) is 0 Å². The van der Waals surface area contributed by atoms with Crippen molar-refractivity contribution in [3.05, 3.63) is 71.8 Å². The van der Waals surface area contributed by atoms with Crippen LogP contribution in [0.3, 0.4) is 0 Å². The summed E-state index contributed by atoms with van der Waals surface area (Å²) < 4.78 is 27.7. The normalized spacial score (nSPS) is 10.4. The number of carbonyl (C=O) groups excluding carboxylic acids is 1. The van der Waals surface area contributed by atoms with E-state index in [4.69, 9.17) is 23.7 Å². The Morgan fingerprint density at radius 1 is 0.886 bits per heavy atom. The van der Waals surface area contributed by atoms with Crippen molar-refractivity contribution in [2.75, 3.05) is 40.6 Å². The predicted molar refractivity (Wildman–Crippen MR) is 132 cm³/mol. The van der Waals surface area contributed by atoms with Crippen molar-refractivity contribution >= 4 is 11.8 Å². The van der Waals surface area contributed by atoms with Gasteiger partial charge in [0.1, 0.15) is 31.3 Å². The van der Waals surface area contributed by atoms with Gasteiger partial charge in [-0.2, -0.15) is 0 Å². The summed E-state index contributed by atoms with van der Waals surface area (Å²) in [5.41, 5.74) is 1.41. The Morgan fingerprint density at radius 2 is 1.57 bits per heavy atom. The van der Waals surface area contributed by atoms with Crippen LogP contribution in [0.1, 0.15) is 34.0 Å². The van der Waals surface area contributed by atoms with Crippen LogP contribution in [0.5, 0.6) is 23.0 Å². The molecule has 0 saturated carbocycles. The second kappa shape index (κ2) is 13.8. The van der Waals surface area contributed by atoms with E-state index in [1.807, 2.05) is 6.92 Å². The molecule has 35 heavy (non-hydrogen) atoms. The first-order chi connectivity index (χ1) is 16.9. The molecule has 0 amide bonds. The standard InChI is InChI=1S/C27H32O8/c1-6-11-33-22-17-24(34-12-7-2)26(20(16-25(28)29)19(22)8-3)27(30)18-9-10-21(23(15-18)32-5)35-14-13-31-4/h6-7,9-10,15,17H,1-2,8,11-14,16H2,3-5H3,(H,28,29). The van der Waals surface area contributed by atoms with Crippen LogP contribution in [0.15, 0.2) is 49.6 Å². The molecule has 0 aliphatic rings. The highest BCUT2D eigenvalue weighted by Crippen LogP contribution is 2.38. The van der Waals surface area contributed by atoms with Crippen LogP contribution in [-0.4, -0.2) is 57.5 Å². The first-order valence-corrected chi connectivity index (χ1v) is 11.1. The van der Waals surface area contributed by atoms with Gasteiger partial charge in [0.2, 0.25) is 0 Å². The van der Waals surface area contributed by atoms with Crippen LogP contribution in [0.4, 0.5) is 0 Å². The average molecular weight is 485 g/mol. The topological polar surface area (TPSA) is 101 Å². The zero-order valence-electron chi connectivity index (χ0n) is 20.4. The number of aliphatic carboxylic acids is 1. The van der Waals surface area contributed by atoms with Crippen LogP contribution in [-0.2, 0) is 22.4 Å². The van der Waals surface area contributed by atoms with Crippen molar-refractivity contribution in [2.45, 2.75) is 19.8 Å². The van der Waals surface area contributed by atoms with E-state index >= 15 is 0 Å². The highest BCUT2D eigenvalue weighted by molar-refractivity contribution is 6.12. The molecule has 0 aliphatic heterocycles. The number of methoxy groups -OCH3 is 2. The van der Waals surface area contributed by atoms with Crippen LogP contribution < -0.4 is 18.9 Å². The summed E-state index contributed by atoms with van der Waals surface area (Å²) in [4.78, 5) is 25.6. The molecular weight excluding hydrogens is 452 g/mol. The molecule has 8 nitrogen and oxygen atoms in total. The average Bonchev–Trinajstić information content (AvgIpc) is 2.85. The molecule has 0 aromatic heterocycles. The predicted octanol–water partition coefficient (Wildman–Crippen LogP) is 4.27. The highest BCUT2D eigenvalue weighted by Gasteiger charge is 2.27. The van der Waals surface area contributed by atoms with Gasteiger partial charge in [0.15, 0.2) is 17.3 Å². The molecule has 0 bridgehead atoms. The fourth-order valence-corrected chi connectivity index (χ4v) is 3.56. The lowest BCUT2D eigenvalue weighted by molar-refractivity contribution is -0.136. The summed E-state index contributed by atoms with van der Waals surface area (Å²) in [6, 6.07) is 6.40. The third-order valence-corrected chi connectivity index (χ3v) is 5.06. The SMILES string of the molecule is C=CCOc1cc(OCC=C)c(C(=O)c2ccc(OCCOC)c(OC)c2)c(CC(=O)O)c1CC. The fourth-order valence-electron chi connectivity index (χ4n) is 3.56. The second-order valence-corrected chi connectivity index (χ2v) is 7.36. The van der Waals surface area contributed by atoms with Gasteiger partial charge >= 0.3 is 5.97 Å². The molecule has 2 aromatic carbocycles. The Bertz CT molecular complexity index is 1060. The number of carboxylic acids is 1. The lowest BCUT2D eigenvalue weighted by atomic mass is 9.90. The Kier molecular flexibility index (Phi) is 10.8. The van der Waals surface area contributed by atoms with E-state index in [-0.39, 0.29) is 36.5 Å². The van der Waals surface area contributed by atoms with Gasteiger partial charge in [-0.1, -0.05) is 32.2 Å². The summed E-state index contributed by atoms with van der Waals surface area (Å²) >= 11 is 0. The first kappa shape index (κ1) is 27.5. The van der Waals surface area contributed by atoms with Crippen LogP contribution in [0, 0.1) is 0 Å². The number of hydrogen-bond acceptors (Lipinski definition) is 7. The molecule has 0 fully saturated rings. The Morgan fingerprint density at radius 3 is 2.14 bits per heavy atom. The Hall–Kier alpha value is -3.78. The van der Waals surface area contributed by atoms with Gasteiger partial charge in [-0.15, -0.1) is 0 Å². The van der Waals surface area contributed by atoms with Gasteiger partial charge in [0.25, 0.3) is 0 Å². The maximum Gasteiger partial charge on any atom is 0.307 e. The van der Waals surface area contributed by atoms with E-state index in [1.54, 1.807) is 37.5 Å². The molecule has 0 atom stereocenters. The van der Waals surface area contributed by atoms with Crippen molar-refractivity contribution in [3.8, 4) is 23.0 Å². The molecule has 2 rings (SSSR count). The number of benzene rings is 2. The molecular formula is C27H32O8. The lowest BCUT2D eigenvalue weighted by Crippen LogP contribution is -2.16. The van der Waals surface area contributed by atoms with Gasteiger partial charge < -0.3 is 28.8 Å². The van der Waals surface area contributed by atoms with E-state index in [1.165, 1.54) is 13.2 Å². The van der Waals surface area contributed by atoms with Gasteiger partial charge in [-0.3, -0.25) is 9.59 Å². The summed E-state index contributed by atoms with van der Waals surface area (Å²) in [5.74, 6) is -0.0179. The van der Waals surface area contributed by atoms with Crippen molar-refractivity contribution in [1.82, 2.24) is 0 Å². The number of carbonyl (C=O) groups is 2. The van der Waals surface area contributed by atoms with Crippen molar-refractivity contribution < 1.29 is 38.4 Å². The number of ether oxygens (including phenoxy) is 5. The van der Waals surface area contributed by atoms with Gasteiger partial charge in [0.05, 0.1) is 25.7 Å². The number of carboxylic acid groups (broad SMARTS) is 1. The van der Waals surface area contributed by atoms with Crippen LogP contribution >= 0.6 is 0 Å². The Balaban J connectivity index is 2.68. The van der Waals surface area contributed by atoms with Crippen molar-refractivity contribution in [2.24, 2.45) is 0 Å². The van der Waals surface area contributed by atoms with Crippen molar-refractivity contribution in [1.29, 1.82) is 0 Å². The molecule has 0 saturated heterocycles.